The van der Waals surface area contributed by atoms with Crippen LogP contribution >= 0.6 is 0 Å². The van der Waals surface area contributed by atoms with Gasteiger partial charge in [0.25, 0.3) is 0 Å². The zero-order valence-electron chi connectivity index (χ0n) is 17.8. The van der Waals surface area contributed by atoms with Crippen molar-refractivity contribution in [3.05, 3.63) is 64.8 Å². The number of hydrogen-bond donors (Lipinski definition) is 1. The van der Waals surface area contributed by atoms with Crippen LogP contribution in [0.15, 0.2) is 51.9 Å². The lowest BCUT2D eigenvalue weighted by molar-refractivity contribution is 0.0514. The lowest BCUT2D eigenvalue weighted by Crippen LogP contribution is -2.24. The highest BCUT2D eigenvalue weighted by molar-refractivity contribution is 7.89. The molecule has 31 heavy (non-hydrogen) atoms. The van der Waals surface area contributed by atoms with E-state index >= 15 is 0 Å². The summed E-state index contributed by atoms with van der Waals surface area (Å²) in [4.78, 5) is 11.8. The Morgan fingerprint density at radius 2 is 1.90 bits per heavy atom. The van der Waals surface area contributed by atoms with Gasteiger partial charge in [-0.15, -0.1) is 0 Å². The van der Waals surface area contributed by atoms with E-state index in [0.29, 0.717) is 5.56 Å². The third-order valence-electron chi connectivity index (χ3n) is 4.69. The number of carbonyl (C=O) groups is 1. The molecule has 0 aliphatic carbocycles. The van der Waals surface area contributed by atoms with Crippen molar-refractivity contribution in [1.29, 1.82) is 0 Å². The standard InChI is InChI=1S/C22H24N2O6S/c1-5-29-22(25)18-12-20(30-24-18)16-8-9-19(28-4)21(11-16)31(26,27)23-13-17-10-14(2)6-7-15(17)3/h6-12,23H,5,13H2,1-4H3. The summed E-state index contributed by atoms with van der Waals surface area (Å²) in [5.41, 5.74) is 3.35. The van der Waals surface area contributed by atoms with Gasteiger partial charge in [0, 0.05) is 18.2 Å². The maximum Gasteiger partial charge on any atom is 0.360 e. The Bertz CT molecular complexity index is 1200. The normalized spacial score (nSPS) is 11.4. The first-order valence-corrected chi connectivity index (χ1v) is 11.1. The number of sulfonamides is 1. The summed E-state index contributed by atoms with van der Waals surface area (Å²) in [6, 6.07) is 11.8. The number of rotatable bonds is 8. The van der Waals surface area contributed by atoms with Gasteiger partial charge in [-0.05, 0) is 50.1 Å². The topological polar surface area (TPSA) is 108 Å². The molecule has 0 bridgehead atoms. The Morgan fingerprint density at radius 1 is 1.13 bits per heavy atom. The van der Waals surface area contributed by atoms with Crippen LogP contribution in [0.3, 0.4) is 0 Å². The molecule has 0 saturated heterocycles. The zero-order chi connectivity index (χ0) is 22.6. The summed E-state index contributed by atoms with van der Waals surface area (Å²) in [5.74, 6) is -0.201. The van der Waals surface area contributed by atoms with Crippen LogP contribution in [0.25, 0.3) is 11.3 Å². The fraction of sp³-hybridized carbons (Fsp3) is 0.273. The van der Waals surface area contributed by atoms with Crippen LogP contribution < -0.4 is 9.46 Å². The van der Waals surface area contributed by atoms with Crippen LogP contribution in [0.4, 0.5) is 0 Å². The average molecular weight is 445 g/mol. The van der Waals surface area contributed by atoms with Crippen LogP contribution in [0.5, 0.6) is 5.75 Å². The number of methoxy groups -OCH3 is 1. The minimum absolute atomic E-state index is 0.00474. The molecule has 3 rings (SSSR count). The average Bonchev–Trinajstić information content (AvgIpc) is 3.24. The van der Waals surface area contributed by atoms with E-state index in [1.807, 2.05) is 32.0 Å². The van der Waals surface area contributed by atoms with Crippen molar-refractivity contribution >= 4 is 16.0 Å². The number of carbonyl (C=O) groups excluding carboxylic acids is 1. The molecule has 0 unspecified atom stereocenters. The minimum Gasteiger partial charge on any atom is -0.495 e. The second-order valence-corrected chi connectivity index (χ2v) is 8.65. The first-order valence-electron chi connectivity index (χ1n) is 9.63. The third-order valence-corrected chi connectivity index (χ3v) is 6.11. The van der Waals surface area contributed by atoms with Crippen molar-refractivity contribution in [1.82, 2.24) is 9.88 Å². The molecule has 0 saturated carbocycles. The Kier molecular flexibility index (Phi) is 6.77. The van der Waals surface area contributed by atoms with Gasteiger partial charge in [0.05, 0.1) is 13.7 Å². The molecule has 9 heteroatoms. The summed E-state index contributed by atoms with van der Waals surface area (Å²) in [6.45, 7) is 5.91. The number of nitrogens with zero attached hydrogens (tertiary/aromatic N) is 1. The Balaban J connectivity index is 1.91. The number of esters is 1. The Labute approximate surface area is 181 Å². The van der Waals surface area contributed by atoms with Gasteiger partial charge in [0.2, 0.25) is 10.0 Å². The van der Waals surface area contributed by atoms with Crippen LogP contribution in [0.2, 0.25) is 0 Å². The predicted molar refractivity (Wildman–Crippen MR) is 114 cm³/mol. The monoisotopic (exact) mass is 444 g/mol. The summed E-state index contributed by atoms with van der Waals surface area (Å²) in [6.07, 6.45) is 0. The highest BCUT2D eigenvalue weighted by Crippen LogP contribution is 2.30. The third kappa shape index (κ3) is 5.12. The van der Waals surface area contributed by atoms with Gasteiger partial charge in [-0.3, -0.25) is 0 Å². The fourth-order valence-electron chi connectivity index (χ4n) is 2.99. The van der Waals surface area contributed by atoms with E-state index in [2.05, 4.69) is 9.88 Å². The van der Waals surface area contributed by atoms with Gasteiger partial charge in [-0.1, -0.05) is 28.9 Å². The van der Waals surface area contributed by atoms with Gasteiger partial charge in [-0.25, -0.2) is 17.9 Å². The van der Waals surface area contributed by atoms with Crippen molar-refractivity contribution in [2.45, 2.75) is 32.2 Å². The van der Waals surface area contributed by atoms with E-state index in [4.69, 9.17) is 14.0 Å². The molecule has 2 aromatic carbocycles. The highest BCUT2D eigenvalue weighted by Gasteiger charge is 2.22. The molecule has 3 aromatic rings. The molecule has 1 heterocycles. The van der Waals surface area contributed by atoms with E-state index in [1.165, 1.54) is 25.3 Å². The molecular weight excluding hydrogens is 420 g/mol. The van der Waals surface area contributed by atoms with Gasteiger partial charge < -0.3 is 14.0 Å². The highest BCUT2D eigenvalue weighted by atomic mass is 32.2. The molecular formula is C22H24N2O6S. The Morgan fingerprint density at radius 3 is 2.61 bits per heavy atom. The van der Waals surface area contributed by atoms with Crippen molar-refractivity contribution in [3.63, 3.8) is 0 Å². The van der Waals surface area contributed by atoms with Crippen LogP contribution in [-0.2, 0) is 21.3 Å². The molecule has 164 valence electrons. The largest absolute Gasteiger partial charge is 0.495 e. The van der Waals surface area contributed by atoms with Gasteiger partial charge >= 0.3 is 5.97 Å². The maximum atomic E-state index is 13.1. The zero-order valence-corrected chi connectivity index (χ0v) is 18.6. The number of hydrogen-bond acceptors (Lipinski definition) is 7. The van der Waals surface area contributed by atoms with E-state index in [-0.39, 0.29) is 35.3 Å². The molecule has 0 radical (unpaired) electrons. The Hall–Kier alpha value is -3.17. The molecule has 0 atom stereocenters. The molecule has 0 fully saturated rings. The van der Waals surface area contributed by atoms with E-state index in [1.54, 1.807) is 13.0 Å². The molecule has 1 aromatic heterocycles. The van der Waals surface area contributed by atoms with Crippen LogP contribution in [-0.4, -0.2) is 33.3 Å². The first kappa shape index (κ1) is 22.5. The fourth-order valence-corrected chi connectivity index (χ4v) is 4.19. The van der Waals surface area contributed by atoms with Crippen molar-refractivity contribution in [2.24, 2.45) is 0 Å². The number of nitrogens with one attached hydrogen (secondary N) is 1. The molecule has 0 amide bonds. The van der Waals surface area contributed by atoms with Crippen molar-refractivity contribution < 1.29 is 27.2 Å². The predicted octanol–water partition coefficient (Wildman–Crippen LogP) is 3.62. The van der Waals surface area contributed by atoms with Crippen LogP contribution in [0.1, 0.15) is 34.1 Å². The van der Waals surface area contributed by atoms with Crippen molar-refractivity contribution in [3.8, 4) is 17.1 Å². The maximum absolute atomic E-state index is 13.1. The molecule has 0 aliphatic rings. The van der Waals surface area contributed by atoms with E-state index in [0.717, 1.165) is 16.7 Å². The quantitative estimate of drug-likeness (QED) is 0.529. The molecule has 1 N–H and O–H groups in total. The van der Waals surface area contributed by atoms with E-state index < -0.39 is 16.0 Å². The minimum atomic E-state index is -3.91. The number of ether oxygens (including phenoxy) is 2. The molecule has 0 aliphatic heterocycles. The second-order valence-electron chi connectivity index (χ2n) is 6.92. The number of aromatic nitrogens is 1. The lowest BCUT2D eigenvalue weighted by Gasteiger charge is -2.13. The summed E-state index contributed by atoms with van der Waals surface area (Å²) >= 11 is 0. The van der Waals surface area contributed by atoms with E-state index in [9.17, 15) is 13.2 Å². The molecule has 0 spiro atoms. The second kappa shape index (κ2) is 9.32. The van der Waals surface area contributed by atoms with Gasteiger partial charge in [-0.2, -0.15) is 0 Å². The summed E-state index contributed by atoms with van der Waals surface area (Å²) in [5, 5.41) is 3.69. The number of benzene rings is 2. The summed E-state index contributed by atoms with van der Waals surface area (Å²) < 4.78 is 44.1. The molecule has 8 nitrogen and oxygen atoms in total. The SMILES string of the molecule is CCOC(=O)c1cc(-c2ccc(OC)c(S(=O)(=O)NCc3cc(C)ccc3C)c2)on1. The van der Waals surface area contributed by atoms with Crippen LogP contribution in [0, 0.1) is 13.8 Å². The lowest BCUT2D eigenvalue weighted by atomic mass is 10.1. The first-order chi connectivity index (χ1) is 14.7. The van der Waals surface area contributed by atoms with Gasteiger partial charge in [0.1, 0.15) is 10.6 Å². The smallest absolute Gasteiger partial charge is 0.360 e. The van der Waals surface area contributed by atoms with Crippen molar-refractivity contribution in [2.75, 3.05) is 13.7 Å². The van der Waals surface area contributed by atoms with Gasteiger partial charge in [0.15, 0.2) is 11.5 Å². The number of aryl methyl sites for hydroxylation is 2. The summed E-state index contributed by atoms with van der Waals surface area (Å²) in [7, 11) is -2.51.